The van der Waals surface area contributed by atoms with Crippen molar-refractivity contribution in [2.45, 2.75) is 33.5 Å². The third kappa shape index (κ3) is 6.89. The van der Waals surface area contributed by atoms with E-state index < -0.39 is 0 Å². The van der Waals surface area contributed by atoms with Crippen LogP contribution in [0.1, 0.15) is 26.3 Å². The molecule has 0 fully saturated rings. The Kier molecular flexibility index (Phi) is 9.21. The normalized spacial score (nSPS) is 11.8. The van der Waals surface area contributed by atoms with Crippen LogP contribution in [0, 0.1) is 5.92 Å². The molecule has 0 aliphatic heterocycles. The van der Waals surface area contributed by atoms with Crippen molar-refractivity contribution in [3.63, 3.8) is 0 Å². The van der Waals surface area contributed by atoms with Crippen LogP contribution in [0.3, 0.4) is 0 Å². The first-order valence-electron chi connectivity index (χ1n) is 6.69. The quantitative estimate of drug-likeness (QED) is 0.814. The minimum Gasteiger partial charge on any atom is -0.374 e. The number of hydrogen-bond donors (Lipinski definition) is 2. The summed E-state index contributed by atoms with van der Waals surface area (Å²) in [4.78, 5) is 11.8. The summed E-state index contributed by atoms with van der Waals surface area (Å²) >= 11 is 0. The number of rotatable bonds is 7. The summed E-state index contributed by atoms with van der Waals surface area (Å²) < 4.78 is 5.52. The summed E-state index contributed by atoms with van der Waals surface area (Å²) in [6.07, 6.45) is 0.224. The molecule has 1 amide bonds. The van der Waals surface area contributed by atoms with Gasteiger partial charge in [0.1, 0.15) is 0 Å². The highest BCUT2D eigenvalue weighted by Gasteiger charge is 2.11. The lowest BCUT2D eigenvalue weighted by Crippen LogP contribution is -2.28. The summed E-state index contributed by atoms with van der Waals surface area (Å²) in [5, 5.41) is 5.89. The Morgan fingerprint density at radius 3 is 2.30 bits per heavy atom. The zero-order chi connectivity index (χ0) is 14.3. The van der Waals surface area contributed by atoms with Gasteiger partial charge in [-0.15, -0.1) is 12.4 Å². The van der Waals surface area contributed by atoms with Crippen molar-refractivity contribution < 1.29 is 9.53 Å². The number of nitrogens with one attached hydrogen (secondary N) is 2. The first-order chi connectivity index (χ1) is 9.02. The molecule has 5 heteroatoms. The van der Waals surface area contributed by atoms with Crippen molar-refractivity contribution in [3.05, 3.63) is 29.8 Å². The molecule has 4 nitrogen and oxygen atoms in total. The van der Waals surface area contributed by atoms with E-state index in [1.165, 1.54) is 0 Å². The molecule has 0 radical (unpaired) electrons. The molecule has 1 aromatic rings. The van der Waals surface area contributed by atoms with Crippen LogP contribution in [-0.2, 0) is 16.1 Å². The molecule has 2 N–H and O–H groups in total. The van der Waals surface area contributed by atoms with E-state index in [1.807, 2.05) is 52.1 Å². The maximum atomic E-state index is 11.8. The number of halogens is 1. The Balaban J connectivity index is 0.00000361. The van der Waals surface area contributed by atoms with Crippen molar-refractivity contribution >= 4 is 24.0 Å². The number of ether oxygens (including phenoxy) is 1. The van der Waals surface area contributed by atoms with E-state index >= 15 is 0 Å². The van der Waals surface area contributed by atoms with E-state index in [1.54, 1.807) is 0 Å². The zero-order valence-electron chi connectivity index (χ0n) is 12.6. The fourth-order valence-corrected chi connectivity index (χ4v) is 1.61. The van der Waals surface area contributed by atoms with Gasteiger partial charge in [-0.25, -0.2) is 0 Å². The van der Waals surface area contributed by atoms with Gasteiger partial charge in [0, 0.05) is 18.2 Å². The maximum absolute atomic E-state index is 11.8. The fourth-order valence-electron chi connectivity index (χ4n) is 1.61. The second-order valence-corrected chi connectivity index (χ2v) is 5.00. The first kappa shape index (κ1) is 18.9. The topological polar surface area (TPSA) is 50.4 Å². The predicted octanol–water partition coefficient (Wildman–Crippen LogP) is 2.83. The van der Waals surface area contributed by atoms with Gasteiger partial charge in [-0.1, -0.05) is 19.1 Å². The Morgan fingerprint density at radius 2 is 1.80 bits per heavy atom. The molecule has 0 spiro atoms. The smallest absolute Gasteiger partial charge is 0.228 e. The largest absolute Gasteiger partial charge is 0.374 e. The van der Waals surface area contributed by atoms with Crippen LogP contribution in [0.25, 0.3) is 0 Å². The van der Waals surface area contributed by atoms with Gasteiger partial charge in [0.15, 0.2) is 0 Å². The molecule has 0 aromatic heterocycles. The van der Waals surface area contributed by atoms with E-state index in [-0.39, 0.29) is 30.3 Å². The first-order valence-corrected chi connectivity index (χ1v) is 6.69. The van der Waals surface area contributed by atoms with Crippen molar-refractivity contribution in [3.8, 4) is 0 Å². The highest BCUT2D eigenvalue weighted by Crippen LogP contribution is 2.12. The van der Waals surface area contributed by atoms with E-state index in [4.69, 9.17) is 4.74 Å². The second-order valence-electron chi connectivity index (χ2n) is 5.00. The summed E-state index contributed by atoms with van der Waals surface area (Å²) in [6.45, 7) is 7.19. The minimum absolute atomic E-state index is 0. The molecule has 0 aliphatic rings. The van der Waals surface area contributed by atoms with Crippen LogP contribution >= 0.6 is 12.4 Å². The molecular formula is C15H25ClN2O2. The van der Waals surface area contributed by atoms with E-state index in [0.29, 0.717) is 13.2 Å². The minimum atomic E-state index is -0.0473. The van der Waals surface area contributed by atoms with Crippen LogP contribution in [0.2, 0.25) is 0 Å². The molecule has 0 saturated carbocycles. The third-order valence-electron chi connectivity index (χ3n) is 2.76. The number of anilines is 1. The average molecular weight is 301 g/mol. The van der Waals surface area contributed by atoms with Gasteiger partial charge in [-0.3, -0.25) is 4.79 Å². The highest BCUT2D eigenvalue weighted by molar-refractivity contribution is 5.92. The van der Waals surface area contributed by atoms with Crippen LogP contribution in [0.5, 0.6) is 0 Å². The Hall–Kier alpha value is -1.10. The SMILES string of the molecule is CNCC(C)C(=O)Nc1ccc(COC(C)C)cc1.Cl. The molecule has 0 saturated heterocycles. The van der Waals surface area contributed by atoms with Crippen molar-refractivity contribution in [2.24, 2.45) is 5.92 Å². The third-order valence-corrected chi connectivity index (χ3v) is 2.76. The molecule has 1 aromatic carbocycles. The lowest BCUT2D eigenvalue weighted by molar-refractivity contribution is -0.119. The molecule has 0 bridgehead atoms. The fraction of sp³-hybridized carbons (Fsp3) is 0.533. The number of carbonyl (C=O) groups is 1. The molecular weight excluding hydrogens is 276 g/mol. The van der Waals surface area contributed by atoms with Crippen LogP contribution in [0.15, 0.2) is 24.3 Å². The van der Waals surface area contributed by atoms with Crippen molar-refractivity contribution in [2.75, 3.05) is 18.9 Å². The molecule has 20 heavy (non-hydrogen) atoms. The summed E-state index contributed by atoms with van der Waals surface area (Å²) in [6, 6.07) is 7.76. The molecule has 1 unspecified atom stereocenters. The molecule has 1 rings (SSSR count). The lowest BCUT2D eigenvalue weighted by atomic mass is 10.1. The Bertz CT molecular complexity index is 393. The number of carbonyl (C=O) groups excluding carboxylic acids is 1. The van der Waals surface area contributed by atoms with Gasteiger partial charge >= 0.3 is 0 Å². The van der Waals surface area contributed by atoms with Gasteiger partial charge < -0.3 is 15.4 Å². The Labute approximate surface area is 127 Å². The van der Waals surface area contributed by atoms with Gasteiger partial charge in [-0.2, -0.15) is 0 Å². The molecule has 0 aliphatic carbocycles. The summed E-state index contributed by atoms with van der Waals surface area (Å²) in [5.74, 6) is -0.0190. The van der Waals surface area contributed by atoms with Crippen LogP contribution < -0.4 is 10.6 Å². The zero-order valence-corrected chi connectivity index (χ0v) is 13.4. The Morgan fingerprint density at radius 1 is 1.20 bits per heavy atom. The number of amides is 1. The van der Waals surface area contributed by atoms with E-state index in [9.17, 15) is 4.79 Å². The van der Waals surface area contributed by atoms with Crippen LogP contribution in [-0.4, -0.2) is 25.6 Å². The number of benzene rings is 1. The van der Waals surface area contributed by atoms with Gasteiger partial charge in [0.2, 0.25) is 5.91 Å². The summed E-state index contributed by atoms with van der Waals surface area (Å²) in [7, 11) is 1.84. The van der Waals surface area contributed by atoms with Crippen molar-refractivity contribution in [1.82, 2.24) is 5.32 Å². The molecule has 0 heterocycles. The molecule has 114 valence electrons. The number of hydrogen-bond acceptors (Lipinski definition) is 3. The second kappa shape index (κ2) is 9.75. The van der Waals surface area contributed by atoms with Gasteiger partial charge in [0.25, 0.3) is 0 Å². The standard InChI is InChI=1S/C15H24N2O2.ClH/c1-11(2)19-10-13-5-7-14(8-6-13)17-15(18)12(3)9-16-4;/h5-8,11-12,16H,9-10H2,1-4H3,(H,17,18);1H. The van der Waals surface area contributed by atoms with Gasteiger partial charge in [-0.05, 0) is 38.6 Å². The highest BCUT2D eigenvalue weighted by atomic mass is 35.5. The van der Waals surface area contributed by atoms with E-state index in [2.05, 4.69) is 10.6 Å². The van der Waals surface area contributed by atoms with E-state index in [0.717, 1.165) is 11.3 Å². The lowest BCUT2D eigenvalue weighted by Gasteiger charge is -2.12. The maximum Gasteiger partial charge on any atom is 0.228 e. The van der Waals surface area contributed by atoms with Crippen LogP contribution in [0.4, 0.5) is 5.69 Å². The predicted molar refractivity (Wildman–Crippen MR) is 85.3 cm³/mol. The van der Waals surface area contributed by atoms with Crippen molar-refractivity contribution in [1.29, 1.82) is 0 Å². The summed E-state index contributed by atoms with van der Waals surface area (Å²) in [5.41, 5.74) is 1.93. The average Bonchev–Trinajstić information content (AvgIpc) is 2.38. The monoisotopic (exact) mass is 300 g/mol. The molecule has 1 atom stereocenters. The van der Waals surface area contributed by atoms with Gasteiger partial charge in [0.05, 0.1) is 12.7 Å².